The zero-order valence-corrected chi connectivity index (χ0v) is 11.0. The van der Waals surface area contributed by atoms with E-state index in [4.69, 9.17) is 10.5 Å². The minimum absolute atomic E-state index is 0.215. The van der Waals surface area contributed by atoms with Gasteiger partial charge < -0.3 is 15.4 Å². The Bertz CT molecular complexity index is 414. The quantitative estimate of drug-likeness (QED) is 0.625. The Morgan fingerprint density at radius 3 is 3.17 bits per heavy atom. The Morgan fingerprint density at radius 1 is 1.67 bits per heavy atom. The first kappa shape index (κ1) is 12.9. The minimum atomic E-state index is 0.215. The number of aryl methyl sites for hydroxylation is 1. The van der Waals surface area contributed by atoms with Crippen LogP contribution in [0.4, 0.5) is 0 Å². The topological polar surface area (TPSA) is 68.7 Å². The van der Waals surface area contributed by atoms with E-state index in [1.54, 1.807) is 0 Å². The number of guanidine groups is 1. The van der Waals surface area contributed by atoms with E-state index in [1.807, 2.05) is 23.9 Å². The number of morpholine rings is 1. The molecule has 1 aliphatic heterocycles. The highest BCUT2D eigenvalue weighted by molar-refractivity contribution is 5.78. The smallest absolute Gasteiger partial charge is 0.191 e. The molecular formula is C12H21N5O. The molecule has 2 rings (SSSR count). The SMILES string of the molecule is CCn1ccc(CN=C(N)N2CCOC(C)C2)n1. The maximum atomic E-state index is 5.98. The largest absolute Gasteiger partial charge is 0.375 e. The van der Waals surface area contributed by atoms with E-state index < -0.39 is 0 Å². The maximum Gasteiger partial charge on any atom is 0.191 e. The molecule has 0 spiro atoms. The third kappa shape index (κ3) is 3.22. The third-order valence-electron chi connectivity index (χ3n) is 2.99. The Morgan fingerprint density at radius 2 is 2.50 bits per heavy atom. The predicted molar refractivity (Wildman–Crippen MR) is 70.2 cm³/mol. The molecule has 0 saturated carbocycles. The van der Waals surface area contributed by atoms with Gasteiger partial charge >= 0.3 is 0 Å². The number of ether oxygens (including phenoxy) is 1. The van der Waals surface area contributed by atoms with E-state index in [9.17, 15) is 0 Å². The highest BCUT2D eigenvalue weighted by Crippen LogP contribution is 2.05. The van der Waals surface area contributed by atoms with Crippen LogP contribution in [0.3, 0.4) is 0 Å². The maximum absolute atomic E-state index is 5.98. The van der Waals surface area contributed by atoms with Gasteiger partial charge in [0, 0.05) is 25.8 Å². The fraction of sp³-hybridized carbons (Fsp3) is 0.667. The van der Waals surface area contributed by atoms with Crippen LogP contribution >= 0.6 is 0 Å². The lowest BCUT2D eigenvalue weighted by Crippen LogP contribution is -2.47. The number of rotatable bonds is 3. The molecule has 2 heterocycles. The Hall–Kier alpha value is -1.56. The van der Waals surface area contributed by atoms with Gasteiger partial charge in [0.2, 0.25) is 0 Å². The van der Waals surface area contributed by atoms with Gasteiger partial charge in [-0.25, -0.2) is 4.99 Å². The number of aromatic nitrogens is 2. The Kier molecular flexibility index (Phi) is 4.19. The first-order chi connectivity index (χ1) is 8.69. The number of hydrogen-bond acceptors (Lipinski definition) is 3. The van der Waals surface area contributed by atoms with Gasteiger partial charge in [-0.15, -0.1) is 0 Å². The second-order valence-electron chi connectivity index (χ2n) is 4.46. The van der Waals surface area contributed by atoms with Gasteiger partial charge in [-0.05, 0) is 19.9 Å². The molecule has 1 unspecified atom stereocenters. The number of nitrogens with zero attached hydrogens (tertiary/aromatic N) is 4. The molecular weight excluding hydrogens is 230 g/mol. The average Bonchev–Trinajstić information content (AvgIpc) is 2.84. The van der Waals surface area contributed by atoms with Crippen LogP contribution in [-0.4, -0.2) is 46.4 Å². The summed E-state index contributed by atoms with van der Waals surface area (Å²) in [6.07, 6.45) is 2.17. The first-order valence-electron chi connectivity index (χ1n) is 6.38. The predicted octanol–water partition coefficient (Wildman–Crippen LogP) is 0.438. The third-order valence-corrected chi connectivity index (χ3v) is 2.99. The van der Waals surface area contributed by atoms with Gasteiger partial charge in [0.05, 0.1) is 24.9 Å². The van der Waals surface area contributed by atoms with Crippen LogP contribution in [0.1, 0.15) is 19.5 Å². The summed E-state index contributed by atoms with van der Waals surface area (Å²) in [5, 5.41) is 4.37. The summed E-state index contributed by atoms with van der Waals surface area (Å²) >= 11 is 0. The van der Waals surface area contributed by atoms with Gasteiger partial charge in [-0.2, -0.15) is 5.10 Å². The van der Waals surface area contributed by atoms with Crippen LogP contribution in [0.15, 0.2) is 17.3 Å². The number of hydrogen-bond donors (Lipinski definition) is 1. The van der Waals surface area contributed by atoms with Crippen molar-refractivity contribution in [3.8, 4) is 0 Å². The van der Waals surface area contributed by atoms with Crippen LogP contribution in [-0.2, 0) is 17.8 Å². The lowest BCUT2D eigenvalue weighted by Gasteiger charge is -2.31. The fourth-order valence-corrected chi connectivity index (χ4v) is 1.95. The van der Waals surface area contributed by atoms with Gasteiger partial charge in [-0.3, -0.25) is 4.68 Å². The monoisotopic (exact) mass is 251 g/mol. The van der Waals surface area contributed by atoms with Crippen molar-refractivity contribution in [1.82, 2.24) is 14.7 Å². The Labute approximate surface area is 107 Å². The van der Waals surface area contributed by atoms with E-state index in [1.165, 1.54) is 0 Å². The van der Waals surface area contributed by atoms with Gasteiger partial charge in [-0.1, -0.05) is 0 Å². The van der Waals surface area contributed by atoms with Crippen LogP contribution in [0.5, 0.6) is 0 Å². The molecule has 0 radical (unpaired) electrons. The standard InChI is InChI=1S/C12H21N5O/c1-3-17-5-4-11(15-17)8-14-12(13)16-6-7-18-10(2)9-16/h4-5,10H,3,6-9H2,1-2H3,(H2,13,14). The van der Waals surface area contributed by atoms with Crippen molar-refractivity contribution >= 4 is 5.96 Å². The summed E-state index contributed by atoms with van der Waals surface area (Å²) in [7, 11) is 0. The molecule has 2 N–H and O–H groups in total. The van der Waals surface area contributed by atoms with Crippen LogP contribution < -0.4 is 5.73 Å². The van der Waals surface area contributed by atoms with Gasteiger partial charge in [0.25, 0.3) is 0 Å². The van der Waals surface area contributed by atoms with Crippen molar-refractivity contribution in [2.24, 2.45) is 10.7 Å². The molecule has 6 nitrogen and oxygen atoms in total. The van der Waals surface area contributed by atoms with Crippen molar-refractivity contribution in [2.75, 3.05) is 19.7 Å². The first-order valence-corrected chi connectivity index (χ1v) is 6.38. The normalized spacial score (nSPS) is 21.3. The van der Waals surface area contributed by atoms with Crippen molar-refractivity contribution in [2.45, 2.75) is 33.0 Å². The molecule has 18 heavy (non-hydrogen) atoms. The average molecular weight is 251 g/mol. The van der Waals surface area contributed by atoms with Crippen LogP contribution in [0.2, 0.25) is 0 Å². The lowest BCUT2D eigenvalue weighted by molar-refractivity contribution is 0.00528. The number of aliphatic imine (C=N–C) groups is 1. The summed E-state index contributed by atoms with van der Waals surface area (Å²) in [5.41, 5.74) is 6.93. The van der Waals surface area contributed by atoms with Crippen molar-refractivity contribution in [3.05, 3.63) is 18.0 Å². The molecule has 1 fully saturated rings. The second-order valence-corrected chi connectivity index (χ2v) is 4.46. The van der Waals surface area contributed by atoms with Crippen molar-refractivity contribution in [3.63, 3.8) is 0 Å². The van der Waals surface area contributed by atoms with Crippen LogP contribution in [0, 0.1) is 0 Å². The molecule has 0 bridgehead atoms. The van der Waals surface area contributed by atoms with Crippen molar-refractivity contribution < 1.29 is 4.74 Å². The minimum Gasteiger partial charge on any atom is -0.375 e. The zero-order chi connectivity index (χ0) is 13.0. The number of nitrogens with two attached hydrogens (primary N) is 1. The summed E-state index contributed by atoms with van der Waals surface area (Å²) in [6, 6.07) is 1.97. The highest BCUT2D eigenvalue weighted by Gasteiger charge is 2.17. The van der Waals surface area contributed by atoms with E-state index in [-0.39, 0.29) is 6.10 Å². The molecule has 1 saturated heterocycles. The van der Waals surface area contributed by atoms with Gasteiger partial charge in [0.15, 0.2) is 5.96 Å². The van der Waals surface area contributed by atoms with Crippen LogP contribution in [0.25, 0.3) is 0 Å². The van der Waals surface area contributed by atoms with E-state index in [0.717, 1.165) is 25.3 Å². The molecule has 1 atom stereocenters. The highest BCUT2D eigenvalue weighted by atomic mass is 16.5. The van der Waals surface area contributed by atoms with Gasteiger partial charge in [0.1, 0.15) is 0 Å². The molecule has 1 aromatic rings. The van der Waals surface area contributed by atoms with E-state index >= 15 is 0 Å². The zero-order valence-electron chi connectivity index (χ0n) is 11.0. The summed E-state index contributed by atoms with van der Waals surface area (Å²) in [6.45, 7) is 7.83. The van der Waals surface area contributed by atoms with E-state index in [0.29, 0.717) is 19.1 Å². The van der Waals surface area contributed by atoms with Crippen molar-refractivity contribution in [1.29, 1.82) is 0 Å². The molecule has 0 aliphatic carbocycles. The van der Waals surface area contributed by atoms with E-state index in [2.05, 4.69) is 21.9 Å². The second kappa shape index (κ2) is 5.86. The summed E-state index contributed by atoms with van der Waals surface area (Å²) in [5.74, 6) is 0.580. The Balaban J connectivity index is 1.91. The molecule has 1 aliphatic rings. The molecule has 100 valence electrons. The molecule has 1 aromatic heterocycles. The molecule has 0 amide bonds. The molecule has 6 heteroatoms. The summed E-state index contributed by atoms with van der Waals surface area (Å²) in [4.78, 5) is 6.45. The lowest BCUT2D eigenvalue weighted by atomic mass is 10.3. The molecule has 0 aromatic carbocycles. The fourth-order valence-electron chi connectivity index (χ4n) is 1.95. The summed E-state index contributed by atoms with van der Waals surface area (Å²) < 4.78 is 7.36.